The van der Waals surface area contributed by atoms with Gasteiger partial charge in [0.05, 0.1) is 4.47 Å². The lowest BCUT2D eigenvalue weighted by Gasteiger charge is -1.95. The van der Waals surface area contributed by atoms with Gasteiger partial charge in [0.2, 0.25) is 0 Å². The fourth-order valence-electron chi connectivity index (χ4n) is 1.13. The van der Waals surface area contributed by atoms with Crippen molar-refractivity contribution >= 4 is 39.5 Å². The third-order valence-electron chi connectivity index (χ3n) is 1.71. The molecule has 2 aromatic heterocycles. The summed E-state index contributed by atoms with van der Waals surface area (Å²) in [6, 6.07) is 3.65. The summed E-state index contributed by atoms with van der Waals surface area (Å²) in [5.74, 6) is 0. The zero-order chi connectivity index (χ0) is 9.42. The average Bonchev–Trinajstić information content (AvgIpc) is 2.43. The molecule has 0 aliphatic heterocycles. The fourth-order valence-corrected chi connectivity index (χ4v) is 1.78. The summed E-state index contributed by atoms with van der Waals surface area (Å²) >= 11 is 9.07. The van der Waals surface area contributed by atoms with Gasteiger partial charge < -0.3 is 0 Å². The molecule has 0 aromatic carbocycles. The summed E-state index contributed by atoms with van der Waals surface area (Å²) < 4.78 is 2.45. The number of carbonyl (C=O) groups is 1. The summed E-state index contributed by atoms with van der Waals surface area (Å²) in [7, 11) is 0. The number of halogens is 2. The van der Waals surface area contributed by atoms with E-state index in [-0.39, 0.29) is 5.15 Å². The highest BCUT2D eigenvalue weighted by atomic mass is 79.9. The first-order chi connectivity index (χ1) is 6.24. The lowest BCUT2D eigenvalue weighted by Crippen LogP contribution is -1.90. The second kappa shape index (κ2) is 3.12. The van der Waals surface area contributed by atoms with E-state index in [2.05, 4.69) is 20.9 Å². The molecule has 0 unspecified atom stereocenters. The van der Waals surface area contributed by atoms with Gasteiger partial charge in [-0.25, -0.2) is 4.98 Å². The van der Waals surface area contributed by atoms with Crippen LogP contribution in [0.4, 0.5) is 0 Å². The molecule has 0 radical (unpaired) electrons. The van der Waals surface area contributed by atoms with Gasteiger partial charge in [-0.1, -0.05) is 11.6 Å². The van der Waals surface area contributed by atoms with Crippen molar-refractivity contribution in [2.24, 2.45) is 0 Å². The number of imidazole rings is 1. The van der Waals surface area contributed by atoms with Crippen molar-refractivity contribution in [1.82, 2.24) is 9.38 Å². The van der Waals surface area contributed by atoms with Crippen LogP contribution in [-0.4, -0.2) is 15.7 Å². The minimum atomic E-state index is 0.224. The SMILES string of the molecule is O=Cc1c(Cl)nc2c(Br)cccn12. The van der Waals surface area contributed by atoms with E-state index in [1.165, 1.54) is 0 Å². The molecule has 0 saturated carbocycles. The Kier molecular flexibility index (Phi) is 2.09. The Morgan fingerprint density at radius 2 is 2.38 bits per heavy atom. The van der Waals surface area contributed by atoms with Gasteiger partial charge in [0.15, 0.2) is 17.1 Å². The molecule has 0 saturated heterocycles. The van der Waals surface area contributed by atoms with Crippen molar-refractivity contribution in [2.45, 2.75) is 0 Å². The molecule has 0 N–H and O–H groups in total. The highest BCUT2D eigenvalue weighted by Crippen LogP contribution is 2.22. The Labute approximate surface area is 87.5 Å². The van der Waals surface area contributed by atoms with Gasteiger partial charge in [-0.15, -0.1) is 0 Å². The van der Waals surface area contributed by atoms with Crippen LogP contribution in [0.3, 0.4) is 0 Å². The van der Waals surface area contributed by atoms with Crippen LogP contribution < -0.4 is 0 Å². The van der Waals surface area contributed by atoms with E-state index in [0.717, 1.165) is 4.47 Å². The topological polar surface area (TPSA) is 34.4 Å². The van der Waals surface area contributed by atoms with E-state index < -0.39 is 0 Å². The van der Waals surface area contributed by atoms with Gasteiger partial charge in [-0.3, -0.25) is 9.20 Å². The second-order valence-corrected chi connectivity index (χ2v) is 3.67. The van der Waals surface area contributed by atoms with Crippen LogP contribution in [0.5, 0.6) is 0 Å². The Balaban J connectivity index is 2.93. The number of aromatic nitrogens is 2. The number of fused-ring (bicyclic) bond motifs is 1. The van der Waals surface area contributed by atoms with Gasteiger partial charge >= 0.3 is 0 Å². The smallest absolute Gasteiger partial charge is 0.170 e. The van der Waals surface area contributed by atoms with Crippen molar-refractivity contribution in [3.63, 3.8) is 0 Å². The largest absolute Gasteiger partial charge is 0.296 e. The van der Waals surface area contributed by atoms with Gasteiger partial charge in [0.25, 0.3) is 0 Å². The average molecular weight is 259 g/mol. The molecule has 2 heterocycles. The summed E-state index contributed by atoms with van der Waals surface area (Å²) in [6.45, 7) is 0. The van der Waals surface area contributed by atoms with Crippen molar-refractivity contribution in [3.8, 4) is 0 Å². The molecule has 0 bridgehead atoms. The maximum Gasteiger partial charge on any atom is 0.170 e. The monoisotopic (exact) mass is 258 g/mol. The Hall–Kier alpha value is -0.870. The lowest BCUT2D eigenvalue weighted by molar-refractivity contribution is 0.111. The van der Waals surface area contributed by atoms with Crippen LogP contribution in [-0.2, 0) is 0 Å². The van der Waals surface area contributed by atoms with Crippen LogP contribution >= 0.6 is 27.5 Å². The van der Waals surface area contributed by atoms with Crippen LogP contribution in [0.2, 0.25) is 5.15 Å². The Morgan fingerprint density at radius 1 is 1.62 bits per heavy atom. The highest BCUT2D eigenvalue weighted by Gasteiger charge is 2.10. The van der Waals surface area contributed by atoms with E-state index in [0.29, 0.717) is 17.6 Å². The number of carbonyl (C=O) groups excluding carboxylic acids is 1. The summed E-state index contributed by atoms with van der Waals surface area (Å²) in [6.07, 6.45) is 2.43. The van der Waals surface area contributed by atoms with Gasteiger partial charge in [-0.05, 0) is 28.1 Å². The predicted octanol–water partition coefficient (Wildman–Crippen LogP) is 2.56. The van der Waals surface area contributed by atoms with E-state index in [4.69, 9.17) is 11.6 Å². The molecule has 0 amide bonds. The summed E-state index contributed by atoms with van der Waals surface area (Å²) in [5, 5.41) is 0.224. The number of nitrogens with zero attached hydrogens (tertiary/aromatic N) is 2. The Morgan fingerprint density at radius 3 is 3.08 bits per heavy atom. The molecule has 3 nitrogen and oxygen atoms in total. The molecule has 0 spiro atoms. The zero-order valence-corrected chi connectivity index (χ0v) is 8.71. The van der Waals surface area contributed by atoms with E-state index >= 15 is 0 Å². The first-order valence-corrected chi connectivity index (χ1v) is 4.68. The van der Waals surface area contributed by atoms with Crippen molar-refractivity contribution < 1.29 is 4.79 Å². The lowest BCUT2D eigenvalue weighted by atomic mass is 10.4. The third kappa shape index (κ3) is 1.26. The highest BCUT2D eigenvalue weighted by molar-refractivity contribution is 9.10. The molecule has 0 fully saturated rings. The molecule has 66 valence electrons. The standard InChI is InChI=1S/C8H4BrClN2O/c9-5-2-1-3-12-6(4-13)7(10)11-8(5)12/h1-4H. The van der Waals surface area contributed by atoms with Crippen LogP contribution in [0.1, 0.15) is 10.5 Å². The number of aldehydes is 1. The van der Waals surface area contributed by atoms with Crippen LogP contribution in [0.25, 0.3) is 5.65 Å². The molecule has 2 rings (SSSR count). The van der Waals surface area contributed by atoms with Crippen molar-refractivity contribution in [3.05, 3.63) is 33.6 Å². The van der Waals surface area contributed by atoms with Crippen LogP contribution in [0.15, 0.2) is 22.8 Å². The fraction of sp³-hybridized carbons (Fsp3) is 0. The number of hydrogen-bond acceptors (Lipinski definition) is 2. The molecular weight excluding hydrogens is 255 g/mol. The summed E-state index contributed by atoms with van der Waals surface area (Å²) in [4.78, 5) is 14.7. The number of rotatable bonds is 1. The first-order valence-electron chi connectivity index (χ1n) is 3.51. The molecule has 0 atom stereocenters. The molecule has 0 aliphatic rings. The van der Waals surface area contributed by atoms with Gasteiger partial charge in [0.1, 0.15) is 5.69 Å². The predicted molar refractivity (Wildman–Crippen MR) is 53.3 cm³/mol. The maximum atomic E-state index is 10.7. The molecule has 5 heteroatoms. The molecule has 2 aromatic rings. The minimum absolute atomic E-state index is 0.224. The van der Waals surface area contributed by atoms with E-state index in [1.807, 2.05) is 12.1 Å². The Bertz CT molecular complexity index is 480. The quantitative estimate of drug-likeness (QED) is 0.738. The molecule has 13 heavy (non-hydrogen) atoms. The summed E-state index contributed by atoms with van der Waals surface area (Å²) in [5.41, 5.74) is 1.02. The zero-order valence-electron chi connectivity index (χ0n) is 6.37. The molecule has 0 aliphatic carbocycles. The number of pyridine rings is 1. The molecular formula is C8H4BrClN2O. The van der Waals surface area contributed by atoms with Gasteiger partial charge in [0, 0.05) is 6.20 Å². The van der Waals surface area contributed by atoms with E-state index in [1.54, 1.807) is 10.6 Å². The van der Waals surface area contributed by atoms with Gasteiger partial charge in [-0.2, -0.15) is 0 Å². The van der Waals surface area contributed by atoms with Crippen molar-refractivity contribution in [2.75, 3.05) is 0 Å². The maximum absolute atomic E-state index is 10.7. The normalized spacial score (nSPS) is 10.6. The van der Waals surface area contributed by atoms with Crippen LogP contribution in [0, 0.1) is 0 Å². The second-order valence-electron chi connectivity index (χ2n) is 2.46. The number of hydrogen-bond donors (Lipinski definition) is 0. The minimum Gasteiger partial charge on any atom is -0.296 e. The first kappa shape index (κ1) is 8.72. The van der Waals surface area contributed by atoms with E-state index in [9.17, 15) is 4.79 Å². The third-order valence-corrected chi connectivity index (χ3v) is 2.60. The van der Waals surface area contributed by atoms with Crippen molar-refractivity contribution in [1.29, 1.82) is 0 Å².